The molecular weight excluding hydrogens is 286 g/mol. The van der Waals surface area contributed by atoms with Crippen molar-refractivity contribution in [2.24, 2.45) is 0 Å². The van der Waals surface area contributed by atoms with E-state index in [0.717, 1.165) is 53.7 Å². The standard InChI is InChI=1S/C16H24ClN3O/c1-5-11-8-9-15(21-11)13(18-4)10-14-16(17)12(6-2)19-20(14)7-3/h8-9,13,18H,5-7,10H2,1-4H3. The lowest BCUT2D eigenvalue weighted by Gasteiger charge is -2.15. The van der Waals surface area contributed by atoms with Crippen molar-refractivity contribution >= 4 is 11.6 Å². The Morgan fingerprint density at radius 2 is 2.05 bits per heavy atom. The van der Waals surface area contributed by atoms with Crippen LogP contribution in [0.5, 0.6) is 0 Å². The molecule has 0 saturated heterocycles. The van der Waals surface area contributed by atoms with E-state index < -0.39 is 0 Å². The molecule has 21 heavy (non-hydrogen) atoms. The van der Waals surface area contributed by atoms with Crippen molar-refractivity contribution in [3.63, 3.8) is 0 Å². The molecule has 0 aliphatic carbocycles. The Kier molecular flexibility index (Phi) is 5.48. The van der Waals surface area contributed by atoms with Crippen LogP contribution in [0.25, 0.3) is 0 Å². The first-order valence-electron chi connectivity index (χ1n) is 7.64. The number of rotatable bonds is 7. The summed E-state index contributed by atoms with van der Waals surface area (Å²) in [7, 11) is 1.94. The van der Waals surface area contributed by atoms with Crippen molar-refractivity contribution in [2.75, 3.05) is 7.05 Å². The minimum Gasteiger partial charge on any atom is -0.464 e. The molecule has 0 fully saturated rings. The second-order valence-corrected chi connectivity index (χ2v) is 5.46. The summed E-state index contributed by atoms with van der Waals surface area (Å²) in [5.74, 6) is 1.96. The minimum absolute atomic E-state index is 0.106. The molecule has 0 saturated carbocycles. The first-order valence-corrected chi connectivity index (χ1v) is 8.02. The van der Waals surface area contributed by atoms with Gasteiger partial charge in [0.05, 0.1) is 22.5 Å². The molecule has 1 N–H and O–H groups in total. The summed E-state index contributed by atoms with van der Waals surface area (Å²) in [6.07, 6.45) is 2.53. The number of halogens is 1. The molecule has 2 heterocycles. The molecule has 4 nitrogen and oxygen atoms in total. The van der Waals surface area contributed by atoms with Gasteiger partial charge in [0.2, 0.25) is 0 Å². The van der Waals surface area contributed by atoms with Gasteiger partial charge in [0.1, 0.15) is 11.5 Å². The molecule has 1 unspecified atom stereocenters. The Bertz CT molecular complexity index is 588. The topological polar surface area (TPSA) is 43.0 Å². The van der Waals surface area contributed by atoms with Crippen molar-refractivity contribution in [2.45, 2.75) is 52.6 Å². The van der Waals surface area contributed by atoms with E-state index in [1.807, 2.05) is 23.9 Å². The Morgan fingerprint density at radius 1 is 1.29 bits per heavy atom. The number of hydrogen-bond acceptors (Lipinski definition) is 3. The molecule has 0 aliphatic rings. The molecule has 0 aliphatic heterocycles. The predicted octanol–water partition coefficient (Wildman–Crippen LogP) is 3.78. The maximum atomic E-state index is 6.49. The molecule has 0 amide bonds. The molecular formula is C16H24ClN3O. The van der Waals surface area contributed by atoms with E-state index >= 15 is 0 Å². The molecule has 0 bridgehead atoms. The third-order valence-corrected chi connectivity index (χ3v) is 4.25. The first kappa shape index (κ1) is 16.1. The first-order chi connectivity index (χ1) is 10.1. The van der Waals surface area contributed by atoms with Crippen LogP contribution in [0.4, 0.5) is 0 Å². The van der Waals surface area contributed by atoms with E-state index in [9.17, 15) is 0 Å². The van der Waals surface area contributed by atoms with Crippen LogP contribution in [0, 0.1) is 0 Å². The van der Waals surface area contributed by atoms with Gasteiger partial charge in [0.15, 0.2) is 0 Å². The van der Waals surface area contributed by atoms with Crippen molar-refractivity contribution < 1.29 is 4.42 Å². The zero-order valence-corrected chi connectivity index (χ0v) is 14.0. The molecule has 116 valence electrons. The third-order valence-electron chi connectivity index (χ3n) is 3.81. The van der Waals surface area contributed by atoms with E-state index in [4.69, 9.17) is 16.0 Å². The van der Waals surface area contributed by atoms with Gasteiger partial charge in [-0.05, 0) is 32.5 Å². The van der Waals surface area contributed by atoms with Crippen LogP contribution in [-0.4, -0.2) is 16.8 Å². The fourth-order valence-corrected chi connectivity index (χ4v) is 2.87. The van der Waals surface area contributed by atoms with Crippen LogP contribution in [0.1, 0.15) is 49.7 Å². The third kappa shape index (κ3) is 3.33. The molecule has 2 rings (SSSR count). The smallest absolute Gasteiger partial charge is 0.121 e. The molecule has 5 heteroatoms. The lowest BCUT2D eigenvalue weighted by Crippen LogP contribution is -2.20. The van der Waals surface area contributed by atoms with E-state index in [-0.39, 0.29) is 6.04 Å². The highest BCUT2D eigenvalue weighted by atomic mass is 35.5. The maximum Gasteiger partial charge on any atom is 0.121 e. The van der Waals surface area contributed by atoms with Crippen molar-refractivity contribution in [3.8, 4) is 0 Å². The predicted molar refractivity (Wildman–Crippen MR) is 85.9 cm³/mol. The average Bonchev–Trinajstić information content (AvgIpc) is 3.09. The van der Waals surface area contributed by atoms with Crippen LogP contribution in [0.3, 0.4) is 0 Å². The lowest BCUT2D eigenvalue weighted by atomic mass is 10.1. The maximum absolute atomic E-state index is 6.49. The van der Waals surface area contributed by atoms with Crippen LogP contribution in [-0.2, 0) is 25.8 Å². The summed E-state index contributed by atoms with van der Waals surface area (Å²) >= 11 is 6.49. The molecule has 2 aromatic rings. The van der Waals surface area contributed by atoms with Gasteiger partial charge >= 0.3 is 0 Å². The van der Waals surface area contributed by atoms with Crippen LogP contribution in [0.15, 0.2) is 16.5 Å². The zero-order valence-electron chi connectivity index (χ0n) is 13.2. The lowest BCUT2D eigenvalue weighted by molar-refractivity contribution is 0.401. The number of aryl methyl sites for hydroxylation is 3. The second-order valence-electron chi connectivity index (χ2n) is 5.08. The Hall–Kier alpha value is -1.26. The summed E-state index contributed by atoms with van der Waals surface area (Å²) < 4.78 is 7.86. The SMILES string of the molecule is CCc1ccc(C(Cc2c(Cl)c(CC)nn2CC)NC)o1. The number of aromatic nitrogens is 2. The van der Waals surface area contributed by atoms with Gasteiger partial charge in [-0.3, -0.25) is 4.68 Å². The summed E-state index contributed by atoms with van der Waals surface area (Å²) in [6, 6.07) is 4.19. The van der Waals surface area contributed by atoms with Gasteiger partial charge in [-0.15, -0.1) is 0 Å². The Morgan fingerprint density at radius 3 is 2.57 bits per heavy atom. The van der Waals surface area contributed by atoms with Crippen LogP contribution >= 0.6 is 11.6 Å². The van der Waals surface area contributed by atoms with Crippen molar-refractivity contribution in [3.05, 3.63) is 40.1 Å². The highest BCUT2D eigenvalue weighted by Gasteiger charge is 2.21. The minimum atomic E-state index is 0.106. The quantitative estimate of drug-likeness (QED) is 0.846. The zero-order chi connectivity index (χ0) is 15.4. The summed E-state index contributed by atoms with van der Waals surface area (Å²) in [5.41, 5.74) is 2.04. The van der Waals surface area contributed by atoms with E-state index in [0.29, 0.717) is 0 Å². The van der Waals surface area contributed by atoms with Crippen LogP contribution in [0.2, 0.25) is 5.02 Å². The summed E-state index contributed by atoms with van der Waals surface area (Å²) in [4.78, 5) is 0. The van der Waals surface area contributed by atoms with Gasteiger partial charge in [-0.1, -0.05) is 25.4 Å². The van der Waals surface area contributed by atoms with E-state index in [1.165, 1.54) is 0 Å². The number of furan rings is 1. The number of nitrogens with one attached hydrogen (secondary N) is 1. The normalized spacial score (nSPS) is 12.8. The van der Waals surface area contributed by atoms with Gasteiger partial charge in [-0.25, -0.2) is 0 Å². The molecule has 0 aromatic carbocycles. The summed E-state index contributed by atoms with van der Waals surface area (Å²) in [5, 5.41) is 8.69. The second kappa shape index (κ2) is 7.14. The molecule has 0 spiro atoms. The molecule has 2 aromatic heterocycles. The highest BCUT2D eigenvalue weighted by molar-refractivity contribution is 6.31. The van der Waals surface area contributed by atoms with Crippen molar-refractivity contribution in [1.29, 1.82) is 0 Å². The number of nitrogens with zero attached hydrogens (tertiary/aromatic N) is 2. The Balaban J connectivity index is 2.27. The highest BCUT2D eigenvalue weighted by Crippen LogP contribution is 2.27. The number of hydrogen-bond donors (Lipinski definition) is 1. The fraction of sp³-hybridized carbons (Fsp3) is 0.562. The number of likely N-dealkylation sites (N-methyl/N-ethyl adjacent to an activating group) is 1. The van der Waals surface area contributed by atoms with Gasteiger partial charge in [0, 0.05) is 19.4 Å². The average molecular weight is 310 g/mol. The van der Waals surface area contributed by atoms with E-state index in [2.05, 4.69) is 31.2 Å². The van der Waals surface area contributed by atoms with Gasteiger partial charge < -0.3 is 9.73 Å². The van der Waals surface area contributed by atoms with Gasteiger partial charge in [-0.2, -0.15) is 5.10 Å². The Labute approximate surface area is 131 Å². The van der Waals surface area contributed by atoms with E-state index in [1.54, 1.807) is 0 Å². The van der Waals surface area contributed by atoms with Crippen LogP contribution < -0.4 is 5.32 Å². The fourth-order valence-electron chi connectivity index (χ4n) is 2.52. The largest absolute Gasteiger partial charge is 0.464 e. The van der Waals surface area contributed by atoms with Gasteiger partial charge in [0.25, 0.3) is 0 Å². The van der Waals surface area contributed by atoms with Crippen molar-refractivity contribution in [1.82, 2.24) is 15.1 Å². The summed E-state index contributed by atoms with van der Waals surface area (Å²) in [6.45, 7) is 7.08. The molecule has 0 radical (unpaired) electrons. The monoisotopic (exact) mass is 309 g/mol. The molecule has 1 atom stereocenters.